The Kier molecular flexibility index (Phi) is 5.48. The van der Waals surface area contributed by atoms with Crippen molar-refractivity contribution in [3.63, 3.8) is 0 Å². The third-order valence-corrected chi connectivity index (χ3v) is 5.15. The van der Waals surface area contributed by atoms with Crippen molar-refractivity contribution in [2.45, 2.75) is 32.4 Å². The van der Waals surface area contributed by atoms with E-state index < -0.39 is 0 Å². The molecule has 1 fully saturated rings. The highest BCUT2D eigenvalue weighted by Crippen LogP contribution is 2.24. The Morgan fingerprint density at radius 3 is 2.96 bits per heavy atom. The number of carbonyl (C=O) groups is 1. The first-order valence-electron chi connectivity index (χ1n) is 8.12. The van der Waals surface area contributed by atoms with Crippen LogP contribution in [0.4, 0.5) is 0 Å². The smallest absolute Gasteiger partial charge is 0.266 e. The third-order valence-electron chi connectivity index (χ3n) is 4.23. The summed E-state index contributed by atoms with van der Waals surface area (Å²) in [6.07, 6.45) is 2.16. The van der Waals surface area contributed by atoms with E-state index in [1.165, 1.54) is 11.3 Å². The molecule has 128 valence electrons. The lowest BCUT2D eigenvalue weighted by molar-refractivity contribution is 0.0508. The SMILES string of the molecule is COc1ccccc1CN(C[C@H]1CCCO1)C(=O)c1scnc1C. The molecule has 6 heteroatoms. The minimum Gasteiger partial charge on any atom is -0.496 e. The molecule has 1 aromatic carbocycles. The molecule has 0 saturated carbocycles. The largest absolute Gasteiger partial charge is 0.496 e. The van der Waals surface area contributed by atoms with Crippen molar-refractivity contribution in [1.82, 2.24) is 9.88 Å². The predicted octanol–water partition coefficient (Wildman–Crippen LogP) is 3.28. The van der Waals surface area contributed by atoms with Gasteiger partial charge in [-0.05, 0) is 25.8 Å². The molecule has 1 saturated heterocycles. The van der Waals surface area contributed by atoms with Gasteiger partial charge >= 0.3 is 0 Å². The van der Waals surface area contributed by atoms with Crippen molar-refractivity contribution in [2.24, 2.45) is 0 Å². The molecule has 2 heterocycles. The summed E-state index contributed by atoms with van der Waals surface area (Å²) in [6, 6.07) is 7.81. The van der Waals surface area contributed by atoms with Crippen molar-refractivity contribution in [3.8, 4) is 5.75 Å². The molecule has 1 aromatic heterocycles. The highest BCUT2D eigenvalue weighted by atomic mass is 32.1. The maximum Gasteiger partial charge on any atom is 0.266 e. The summed E-state index contributed by atoms with van der Waals surface area (Å²) in [6.45, 7) is 3.74. The van der Waals surface area contributed by atoms with Crippen LogP contribution in [-0.4, -0.2) is 42.2 Å². The molecule has 1 atom stereocenters. The molecule has 5 nitrogen and oxygen atoms in total. The monoisotopic (exact) mass is 346 g/mol. The highest BCUT2D eigenvalue weighted by molar-refractivity contribution is 7.11. The van der Waals surface area contributed by atoms with E-state index in [4.69, 9.17) is 9.47 Å². The number of carbonyl (C=O) groups excluding carboxylic acids is 1. The van der Waals surface area contributed by atoms with Crippen LogP contribution < -0.4 is 4.74 Å². The predicted molar refractivity (Wildman–Crippen MR) is 93.6 cm³/mol. The van der Waals surface area contributed by atoms with E-state index in [1.807, 2.05) is 36.1 Å². The normalized spacial score (nSPS) is 17.0. The van der Waals surface area contributed by atoms with Crippen LogP contribution >= 0.6 is 11.3 Å². The summed E-state index contributed by atoms with van der Waals surface area (Å²) in [5.41, 5.74) is 3.49. The number of benzene rings is 1. The van der Waals surface area contributed by atoms with Crippen molar-refractivity contribution in [2.75, 3.05) is 20.3 Å². The van der Waals surface area contributed by atoms with Gasteiger partial charge in [-0.25, -0.2) is 4.98 Å². The van der Waals surface area contributed by atoms with Gasteiger partial charge in [0.1, 0.15) is 10.6 Å². The van der Waals surface area contributed by atoms with E-state index in [0.29, 0.717) is 18.0 Å². The second-order valence-corrected chi connectivity index (χ2v) is 6.75. The second-order valence-electron chi connectivity index (χ2n) is 5.90. The zero-order valence-electron chi connectivity index (χ0n) is 14.0. The summed E-state index contributed by atoms with van der Waals surface area (Å²) in [4.78, 5) is 19.8. The van der Waals surface area contributed by atoms with Crippen LogP contribution in [0.2, 0.25) is 0 Å². The Hall–Kier alpha value is -1.92. The molecular weight excluding hydrogens is 324 g/mol. The molecule has 0 aliphatic carbocycles. The molecule has 1 aliphatic rings. The second kappa shape index (κ2) is 7.77. The van der Waals surface area contributed by atoms with Gasteiger partial charge in [0.05, 0.1) is 24.4 Å². The number of amides is 1. The van der Waals surface area contributed by atoms with Crippen LogP contribution in [0.3, 0.4) is 0 Å². The number of para-hydroxylation sites is 1. The quantitative estimate of drug-likeness (QED) is 0.805. The first kappa shape index (κ1) is 16.9. The molecule has 1 amide bonds. The molecule has 0 radical (unpaired) electrons. The molecule has 24 heavy (non-hydrogen) atoms. The molecule has 3 rings (SSSR count). The van der Waals surface area contributed by atoms with Gasteiger partial charge in [-0.1, -0.05) is 18.2 Å². The Labute approximate surface area is 146 Å². The Bertz CT molecular complexity index is 695. The van der Waals surface area contributed by atoms with E-state index in [0.717, 1.165) is 36.5 Å². The lowest BCUT2D eigenvalue weighted by Gasteiger charge is -2.26. The van der Waals surface area contributed by atoms with E-state index in [-0.39, 0.29) is 12.0 Å². The molecule has 0 bridgehead atoms. The van der Waals surface area contributed by atoms with Crippen LogP contribution in [0.1, 0.15) is 33.8 Å². The molecule has 0 unspecified atom stereocenters. The fourth-order valence-electron chi connectivity index (χ4n) is 2.94. The first-order valence-corrected chi connectivity index (χ1v) is 9.00. The van der Waals surface area contributed by atoms with Crippen molar-refractivity contribution < 1.29 is 14.3 Å². The van der Waals surface area contributed by atoms with Gasteiger partial charge in [0.2, 0.25) is 0 Å². The first-order chi connectivity index (χ1) is 11.7. The molecule has 0 N–H and O–H groups in total. The summed E-state index contributed by atoms with van der Waals surface area (Å²) in [5, 5.41) is 0. The van der Waals surface area contributed by atoms with E-state index in [1.54, 1.807) is 12.6 Å². The van der Waals surface area contributed by atoms with Crippen LogP contribution in [0.5, 0.6) is 5.75 Å². The van der Waals surface area contributed by atoms with E-state index >= 15 is 0 Å². The number of thiazole rings is 1. The zero-order valence-corrected chi connectivity index (χ0v) is 14.8. The van der Waals surface area contributed by atoms with Crippen LogP contribution in [-0.2, 0) is 11.3 Å². The topological polar surface area (TPSA) is 51.7 Å². The summed E-state index contributed by atoms with van der Waals surface area (Å²) < 4.78 is 11.2. The van der Waals surface area contributed by atoms with Gasteiger partial charge in [0.25, 0.3) is 5.91 Å². The standard InChI is InChI=1S/C18H22N2O3S/c1-13-17(24-12-19-13)18(21)20(11-15-7-5-9-23-15)10-14-6-3-4-8-16(14)22-2/h3-4,6,8,12,15H,5,7,9-11H2,1-2H3/t15-/m1/s1. The van der Waals surface area contributed by atoms with E-state index in [2.05, 4.69) is 4.98 Å². The van der Waals surface area contributed by atoms with Gasteiger partial charge in [-0.2, -0.15) is 0 Å². The van der Waals surface area contributed by atoms with Crippen LogP contribution in [0.15, 0.2) is 29.8 Å². The number of aryl methyl sites for hydroxylation is 1. The number of ether oxygens (including phenoxy) is 2. The number of aromatic nitrogens is 1. The van der Waals surface area contributed by atoms with Crippen molar-refractivity contribution in [1.29, 1.82) is 0 Å². The van der Waals surface area contributed by atoms with Crippen LogP contribution in [0, 0.1) is 6.92 Å². The lowest BCUT2D eigenvalue weighted by Crippen LogP contribution is -2.37. The molecule has 0 spiro atoms. The Morgan fingerprint density at radius 1 is 1.46 bits per heavy atom. The highest BCUT2D eigenvalue weighted by Gasteiger charge is 2.26. The summed E-state index contributed by atoms with van der Waals surface area (Å²) >= 11 is 1.39. The van der Waals surface area contributed by atoms with Gasteiger partial charge < -0.3 is 14.4 Å². The van der Waals surface area contributed by atoms with Gasteiger partial charge in [0, 0.05) is 25.3 Å². The minimum absolute atomic E-state index is 0.0106. The average Bonchev–Trinajstić information content (AvgIpc) is 3.25. The summed E-state index contributed by atoms with van der Waals surface area (Å²) in [5.74, 6) is 0.806. The maximum absolute atomic E-state index is 13.0. The fourth-order valence-corrected chi connectivity index (χ4v) is 3.71. The fraction of sp³-hybridized carbons (Fsp3) is 0.444. The van der Waals surface area contributed by atoms with Crippen molar-refractivity contribution in [3.05, 3.63) is 45.9 Å². The minimum atomic E-state index is 0.0106. The molecule has 1 aliphatic heterocycles. The van der Waals surface area contributed by atoms with Crippen molar-refractivity contribution >= 4 is 17.2 Å². The van der Waals surface area contributed by atoms with Gasteiger partial charge in [0.15, 0.2) is 0 Å². The third kappa shape index (κ3) is 3.76. The van der Waals surface area contributed by atoms with E-state index in [9.17, 15) is 4.79 Å². The lowest BCUT2D eigenvalue weighted by atomic mass is 10.1. The van der Waals surface area contributed by atoms with Gasteiger partial charge in [-0.15, -0.1) is 11.3 Å². The number of hydrogen-bond acceptors (Lipinski definition) is 5. The summed E-state index contributed by atoms with van der Waals surface area (Å²) in [7, 11) is 1.65. The van der Waals surface area contributed by atoms with Crippen LogP contribution in [0.25, 0.3) is 0 Å². The maximum atomic E-state index is 13.0. The number of methoxy groups -OCH3 is 1. The molecular formula is C18H22N2O3S. The Morgan fingerprint density at radius 2 is 2.29 bits per heavy atom. The van der Waals surface area contributed by atoms with Gasteiger partial charge in [-0.3, -0.25) is 4.79 Å². The zero-order chi connectivity index (χ0) is 16.9. The molecule has 2 aromatic rings. The Balaban J connectivity index is 1.83. The average molecular weight is 346 g/mol. The number of hydrogen-bond donors (Lipinski definition) is 0. The number of rotatable bonds is 6. The number of nitrogens with zero attached hydrogens (tertiary/aromatic N) is 2.